The molecule has 110 valence electrons. The Balaban J connectivity index is 2.24. The molecule has 0 aliphatic heterocycles. The molecular formula is C13H11FN2O3S2. The maximum Gasteiger partial charge on any atom is 0.271 e. The number of ether oxygens (including phenoxy) is 1. The molecule has 0 fully saturated rings. The number of thiophene rings is 1. The molecule has 21 heavy (non-hydrogen) atoms. The molecule has 0 atom stereocenters. The molecular weight excluding hydrogens is 315 g/mol. The van der Waals surface area contributed by atoms with E-state index in [1.54, 1.807) is 6.92 Å². The maximum atomic E-state index is 13.7. The van der Waals surface area contributed by atoms with Crippen molar-refractivity contribution in [2.75, 3.05) is 11.3 Å². The highest BCUT2D eigenvalue weighted by molar-refractivity contribution is 7.94. The summed E-state index contributed by atoms with van der Waals surface area (Å²) in [6.07, 6.45) is 0. The number of nitrogens with zero attached hydrogens (tertiary/aromatic N) is 1. The lowest BCUT2D eigenvalue weighted by Crippen LogP contribution is -2.11. The first-order chi connectivity index (χ1) is 9.96. The van der Waals surface area contributed by atoms with E-state index in [1.165, 1.54) is 24.3 Å². The van der Waals surface area contributed by atoms with Gasteiger partial charge in [-0.15, -0.1) is 11.3 Å². The van der Waals surface area contributed by atoms with Gasteiger partial charge >= 0.3 is 0 Å². The number of sulfonamides is 1. The molecule has 0 bridgehead atoms. The summed E-state index contributed by atoms with van der Waals surface area (Å²) in [5.41, 5.74) is 0.0860. The predicted octanol–water partition coefficient (Wildman–Crippen LogP) is 2.96. The van der Waals surface area contributed by atoms with Crippen LogP contribution in [-0.2, 0) is 10.0 Å². The summed E-state index contributed by atoms with van der Waals surface area (Å²) < 4.78 is 45.1. The zero-order valence-corrected chi connectivity index (χ0v) is 12.6. The number of anilines is 1. The summed E-state index contributed by atoms with van der Waals surface area (Å²) in [6, 6.07) is 8.41. The van der Waals surface area contributed by atoms with E-state index in [0.29, 0.717) is 6.61 Å². The summed E-state index contributed by atoms with van der Waals surface area (Å²) in [5.74, 6) is -0.593. The van der Waals surface area contributed by atoms with Crippen molar-refractivity contribution in [2.24, 2.45) is 0 Å². The third-order valence-electron chi connectivity index (χ3n) is 2.44. The first kappa shape index (κ1) is 15.3. The maximum absolute atomic E-state index is 13.7. The van der Waals surface area contributed by atoms with E-state index in [2.05, 4.69) is 4.72 Å². The fraction of sp³-hybridized carbons (Fsp3) is 0.154. The molecule has 1 aromatic carbocycles. The molecule has 0 spiro atoms. The Morgan fingerprint density at radius 1 is 1.38 bits per heavy atom. The smallest absolute Gasteiger partial charge is 0.271 e. The first-order valence-electron chi connectivity index (χ1n) is 5.91. The van der Waals surface area contributed by atoms with Gasteiger partial charge in [0.1, 0.15) is 15.2 Å². The van der Waals surface area contributed by atoms with Gasteiger partial charge in [0.05, 0.1) is 12.3 Å². The molecule has 1 aromatic heterocycles. The third-order valence-corrected chi connectivity index (χ3v) is 5.30. The van der Waals surface area contributed by atoms with Gasteiger partial charge in [-0.05, 0) is 31.2 Å². The Bertz CT molecular complexity index is 794. The van der Waals surface area contributed by atoms with Crippen molar-refractivity contribution in [1.82, 2.24) is 0 Å². The van der Waals surface area contributed by atoms with Crippen LogP contribution < -0.4 is 9.46 Å². The minimum atomic E-state index is -3.83. The van der Waals surface area contributed by atoms with Crippen LogP contribution in [0.1, 0.15) is 11.8 Å². The van der Waals surface area contributed by atoms with Crippen LogP contribution in [0.2, 0.25) is 0 Å². The molecule has 0 aliphatic rings. The number of hydrogen-bond acceptors (Lipinski definition) is 5. The summed E-state index contributed by atoms with van der Waals surface area (Å²) >= 11 is 0.845. The van der Waals surface area contributed by atoms with Gasteiger partial charge in [-0.2, -0.15) is 5.26 Å². The average molecular weight is 326 g/mol. The highest BCUT2D eigenvalue weighted by atomic mass is 32.2. The molecule has 1 N–H and O–H groups in total. The van der Waals surface area contributed by atoms with Crippen LogP contribution in [0.3, 0.4) is 0 Å². The van der Waals surface area contributed by atoms with Gasteiger partial charge < -0.3 is 4.74 Å². The van der Waals surface area contributed by atoms with Crippen LogP contribution in [0, 0.1) is 17.1 Å². The zero-order chi connectivity index (χ0) is 15.5. The molecule has 5 nitrogen and oxygen atoms in total. The van der Waals surface area contributed by atoms with Crippen LogP contribution >= 0.6 is 11.3 Å². The van der Waals surface area contributed by atoms with Gasteiger partial charge in [-0.25, -0.2) is 12.8 Å². The lowest BCUT2D eigenvalue weighted by atomic mass is 10.3. The molecule has 0 saturated carbocycles. The number of benzene rings is 1. The standard InChI is InChI=1S/C13H11FN2O3S2/c1-2-19-12-5-3-9(7-11(12)14)16-21(17,18)13-6-4-10(8-15)20-13/h3-7,16H,2H2,1H3. The fourth-order valence-electron chi connectivity index (χ4n) is 1.57. The molecule has 0 radical (unpaired) electrons. The van der Waals surface area contributed by atoms with Gasteiger partial charge in [0.15, 0.2) is 11.6 Å². The third kappa shape index (κ3) is 3.51. The SMILES string of the molecule is CCOc1ccc(NS(=O)(=O)c2ccc(C#N)s2)cc1F. The van der Waals surface area contributed by atoms with E-state index in [0.717, 1.165) is 17.4 Å². The molecule has 0 saturated heterocycles. The Hall–Kier alpha value is -2.11. The van der Waals surface area contributed by atoms with E-state index in [-0.39, 0.29) is 20.5 Å². The number of nitriles is 1. The average Bonchev–Trinajstić information content (AvgIpc) is 2.91. The molecule has 2 rings (SSSR count). The van der Waals surface area contributed by atoms with E-state index >= 15 is 0 Å². The molecule has 0 aliphatic carbocycles. The minimum Gasteiger partial charge on any atom is -0.491 e. The van der Waals surface area contributed by atoms with Crippen molar-refractivity contribution < 1.29 is 17.5 Å². The number of hydrogen-bond donors (Lipinski definition) is 1. The van der Waals surface area contributed by atoms with Crippen LogP contribution in [0.25, 0.3) is 0 Å². The van der Waals surface area contributed by atoms with Gasteiger partial charge in [-0.1, -0.05) is 0 Å². The lowest BCUT2D eigenvalue weighted by Gasteiger charge is -2.09. The fourth-order valence-corrected chi connectivity index (χ4v) is 3.72. The second kappa shape index (κ2) is 6.11. The van der Waals surface area contributed by atoms with E-state index in [1.807, 2.05) is 6.07 Å². The van der Waals surface area contributed by atoms with Crippen molar-refractivity contribution in [3.05, 3.63) is 41.0 Å². The summed E-state index contributed by atoms with van der Waals surface area (Å²) in [4.78, 5) is 0.285. The minimum absolute atomic E-state index is 0.00616. The van der Waals surface area contributed by atoms with Crippen LogP contribution in [0.15, 0.2) is 34.5 Å². The van der Waals surface area contributed by atoms with E-state index < -0.39 is 15.8 Å². The second-order valence-electron chi connectivity index (χ2n) is 3.91. The number of rotatable bonds is 5. The zero-order valence-electron chi connectivity index (χ0n) is 11.0. The van der Waals surface area contributed by atoms with Crippen LogP contribution in [0.5, 0.6) is 5.75 Å². The Labute approximate surface area is 125 Å². The monoisotopic (exact) mass is 326 g/mol. The number of nitrogens with one attached hydrogen (secondary N) is 1. The highest BCUT2D eigenvalue weighted by Gasteiger charge is 2.18. The Kier molecular flexibility index (Phi) is 4.45. The molecule has 8 heteroatoms. The molecule has 0 amide bonds. The molecule has 2 aromatic rings. The van der Waals surface area contributed by atoms with E-state index in [9.17, 15) is 12.8 Å². The van der Waals surface area contributed by atoms with Gasteiger partial charge in [0, 0.05) is 6.07 Å². The van der Waals surface area contributed by atoms with Crippen molar-refractivity contribution in [3.8, 4) is 11.8 Å². The first-order valence-corrected chi connectivity index (χ1v) is 8.21. The quantitative estimate of drug-likeness (QED) is 0.916. The summed E-state index contributed by atoms with van der Waals surface area (Å²) in [5, 5.41) is 8.71. The van der Waals surface area contributed by atoms with Gasteiger partial charge in [-0.3, -0.25) is 4.72 Å². The Morgan fingerprint density at radius 3 is 2.71 bits per heavy atom. The largest absolute Gasteiger partial charge is 0.491 e. The van der Waals surface area contributed by atoms with Crippen LogP contribution in [0.4, 0.5) is 10.1 Å². The summed E-state index contributed by atoms with van der Waals surface area (Å²) in [6.45, 7) is 2.04. The molecule has 1 heterocycles. The van der Waals surface area contributed by atoms with Crippen molar-refractivity contribution in [1.29, 1.82) is 5.26 Å². The highest BCUT2D eigenvalue weighted by Crippen LogP contribution is 2.26. The van der Waals surface area contributed by atoms with Gasteiger partial charge in [0.2, 0.25) is 0 Å². The van der Waals surface area contributed by atoms with Crippen LogP contribution in [-0.4, -0.2) is 15.0 Å². The normalized spacial score (nSPS) is 10.9. The van der Waals surface area contributed by atoms with Gasteiger partial charge in [0.25, 0.3) is 10.0 Å². The topological polar surface area (TPSA) is 79.2 Å². The second-order valence-corrected chi connectivity index (χ2v) is 6.91. The van der Waals surface area contributed by atoms with Crippen molar-refractivity contribution in [2.45, 2.75) is 11.1 Å². The van der Waals surface area contributed by atoms with Crippen molar-refractivity contribution >= 4 is 27.0 Å². The summed E-state index contributed by atoms with van der Waals surface area (Å²) in [7, 11) is -3.83. The number of halogens is 1. The Morgan fingerprint density at radius 2 is 2.14 bits per heavy atom. The lowest BCUT2D eigenvalue weighted by molar-refractivity contribution is 0.321. The predicted molar refractivity (Wildman–Crippen MR) is 77.4 cm³/mol. The van der Waals surface area contributed by atoms with E-state index in [4.69, 9.17) is 10.00 Å². The molecule has 0 unspecified atom stereocenters. The van der Waals surface area contributed by atoms with Crippen molar-refractivity contribution in [3.63, 3.8) is 0 Å².